The lowest BCUT2D eigenvalue weighted by molar-refractivity contribution is -0.139. The first-order chi connectivity index (χ1) is 11.7. The fourth-order valence-corrected chi connectivity index (χ4v) is 3.65. The molecule has 0 spiro atoms. The van der Waals surface area contributed by atoms with Crippen molar-refractivity contribution in [2.24, 2.45) is 0 Å². The van der Waals surface area contributed by atoms with Gasteiger partial charge >= 0.3 is 0 Å². The summed E-state index contributed by atoms with van der Waals surface area (Å²) in [6.07, 6.45) is 7.83. The Kier molecular flexibility index (Phi) is 6.05. The molecule has 0 radical (unpaired) electrons. The van der Waals surface area contributed by atoms with Gasteiger partial charge in [-0.1, -0.05) is 48.9 Å². The van der Waals surface area contributed by atoms with E-state index in [1.807, 2.05) is 6.07 Å². The number of hydrogen-bond acceptors (Lipinski definition) is 3. The molecule has 2 fully saturated rings. The zero-order valence-corrected chi connectivity index (χ0v) is 14.7. The molecule has 1 amide bonds. The molecule has 2 saturated heterocycles. The molecule has 0 saturated carbocycles. The number of carbonyl (C=O) groups is 1. The van der Waals surface area contributed by atoms with Crippen LogP contribution in [0.3, 0.4) is 0 Å². The molecule has 0 aliphatic carbocycles. The third-order valence-electron chi connectivity index (χ3n) is 5.21. The Labute approximate surface area is 145 Å². The van der Waals surface area contributed by atoms with Crippen molar-refractivity contribution in [3.05, 3.63) is 42.0 Å². The molecule has 1 aromatic rings. The molecule has 24 heavy (non-hydrogen) atoms. The Morgan fingerprint density at radius 2 is 1.83 bits per heavy atom. The average Bonchev–Trinajstić information content (AvgIpc) is 2.63. The van der Waals surface area contributed by atoms with Gasteiger partial charge in [0, 0.05) is 32.7 Å². The average molecular weight is 327 g/mol. The fraction of sp³-hybridized carbons (Fsp3) is 0.550. The third-order valence-corrected chi connectivity index (χ3v) is 5.21. The molecule has 1 atom stereocenters. The van der Waals surface area contributed by atoms with Gasteiger partial charge in [0.05, 0.1) is 6.04 Å². The normalized spacial score (nSPS) is 23.7. The quantitative estimate of drug-likeness (QED) is 0.849. The summed E-state index contributed by atoms with van der Waals surface area (Å²) in [7, 11) is 2.09. The molecule has 4 heteroatoms. The maximum Gasteiger partial charge on any atom is 0.240 e. The van der Waals surface area contributed by atoms with Crippen LogP contribution in [0.4, 0.5) is 0 Å². The van der Waals surface area contributed by atoms with Gasteiger partial charge in [0.1, 0.15) is 0 Å². The van der Waals surface area contributed by atoms with E-state index in [-0.39, 0.29) is 6.04 Å². The van der Waals surface area contributed by atoms with Gasteiger partial charge in [-0.2, -0.15) is 0 Å². The highest BCUT2D eigenvalue weighted by Gasteiger charge is 2.31. The Morgan fingerprint density at radius 3 is 2.54 bits per heavy atom. The van der Waals surface area contributed by atoms with Crippen LogP contribution in [0.15, 0.2) is 36.4 Å². The second-order valence-electron chi connectivity index (χ2n) is 6.93. The first-order valence-electron chi connectivity index (χ1n) is 9.17. The van der Waals surface area contributed by atoms with Crippen molar-refractivity contribution in [2.45, 2.75) is 25.3 Å². The predicted molar refractivity (Wildman–Crippen MR) is 98.8 cm³/mol. The van der Waals surface area contributed by atoms with Crippen LogP contribution in [0.25, 0.3) is 6.08 Å². The summed E-state index contributed by atoms with van der Waals surface area (Å²) >= 11 is 0. The summed E-state index contributed by atoms with van der Waals surface area (Å²) in [5, 5.41) is 0. The Hall–Kier alpha value is -1.65. The number of benzene rings is 1. The van der Waals surface area contributed by atoms with Crippen LogP contribution in [-0.4, -0.2) is 73.0 Å². The van der Waals surface area contributed by atoms with Crippen LogP contribution in [-0.2, 0) is 4.79 Å². The van der Waals surface area contributed by atoms with E-state index in [0.29, 0.717) is 5.91 Å². The molecule has 4 nitrogen and oxygen atoms in total. The van der Waals surface area contributed by atoms with Crippen molar-refractivity contribution < 1.29 is 4.79 Å². The van der Waals surface area contributed by atoms with Crippen LogP contribution in [0.1, 0.15) is 24.8 Å². The third kappa shape index (κ3) is 4.46. The molecule has 2 aliphatic rings. The molecular weight excluding hydrogens is 298 g/mol. The van der Waals surface area contributed by atoms with Crippen LogP contribution in [0.2, 0.25) is 0 Å². The van der Waals surface area contributed by atoms with Crippen molar-refractivity contribution in [3.8, 4) is 0 Å². The molecule has 1 unspecified atom stereocenters. The number of likely N-dealkylation sites (tertiary alicyclic amines) is 1. The second kappa shape index (κ2) is 8.45. The van der Waals surface area contributed by atoms with E-state index in [1.165, 1.54) is 18.4 Å². The lowest BCUT2D eigenvalue weighted by Gasteiger charge is -2.39. The zero-order valence-electron chi connectivity index (χ0n) is 14.7. The van der Waals surface area contributed by atoms with E-state index in [9.17, 15) is 4.79 Å². The van der Waals surface area contributed by atoms with Gasteiger partial charge in [-0.25, -0.2) is 0 Å². The largest absolute Gasteiger partial charge is 0.339 e. The minimum absolute atomic E-state index is 0.114. The van der Waals surface area contributed by atoms with Gasteiger partial charge in [-0.15, -0.1) is 0 Å². The molecule has 0 N–H and O–H groups in total. The number of hydrogen-bond donors (Lipinski definition) is 0. The van der Waals surface area contributed by atoms with Crippen molar-refractivity contribution >= 4 is 12.0 Å². The molecule has 130 valence electrons. The molecule has 1 aromatic carbocycles. The predicted octanol–water partition coefficient (Wildman–Crippen LogP) is 2.33. The first kappa shape index (κ1) is 17.2. The lowest BCUT2D eigenvalue weighted by Crippen LogP contribution is -2.55. The summed E-state index contributed by atoms with van der Waals surface area (Å²) in [5.74, 6) is 0.344. The van der Waals surface area contributed by atoms with Gasteiger partial charge < -0.3 is 4.90 Å². The van der Waals surface area contributed by atoms with E-state index in [1.54, 1.807) is 0 Å². The summed E-state index contributed by atoms with van der Waals surface area (Å²) in [6, 6.07) is 10.5. The van der Waals surface area contributed by atoms with Gasteiger partial charge in [0.15, 0.2) is 0 Å². The molecule has 2 heterocycles. The molecule has 0 bridgehead atoms. The molecule has 0 aromatic heterocycles. The number of nitrogens with zero attached hydrogens (tertiary/aromatic N) is 3. The maximum absolute atomic E-state index is 12.7. The summed E-state index contributed by atoms with van der Waals surface area (Å²) in [5.41, 5.74) is 1.24. The standard InChI is InChI=1S/C20H29N3O/c1-21-12-6-5-11-19(21)20(24)23-16-14-22(15-17-23)13-7-10-18-8-3-2-4-9-18/h2-4,7-10,19H,5-6,11-17H2,1H3/b10-7+. The summed E-state index contributed by atoms with van der Waals surface area (Å²) in [6.45, 7) is 5.69. The maximum atomic E-state index is 12.7. The van der Waals surface area contributed by atoms with Gasteiger partial charge in [0.2, 0.25) is 5.91 Å². The van der Waals surface area contributed by atoms with Gasteiger partial charge in [-0.3, -0.25) is 14.6 Å². The van der Waals surface area contributed by atoms with Crippen molar-refractivity contribution in [2.75, 3.05) is 46.3 Å². The first-order valence-corrected chi connectivity index (χ1v) is 9.17. The highest BCUT2D eigenvalue weighted by atomic mass is 16.2. The summed E-state index contributed by atoms with van der Waals surface area (Å²) < 4.78 is 0. The monoisotopic (exact) mass is 327 g/mol. The van der Waals surface area contributed by atoms with E-state index in [4.69, 9.17) is 0 Å². The van der Waals surface area contributed by atoms with Gasteiger partial charge in [-0.05, 0) is 32.0 Å². The minimum Gasteiger partial charge on any atom is -0.339 e. The Bertz CT molecular complexity index is 549. The summed E-state index contributed by atoms with van der Waals surface area (Å²) in [4.78, 5) is 19.5. The highest BCUT2D eigenvalue weighted by Crippen LogP contribution is 2.18. The SMILES string of the molecule is CN1CCCCC1C(=O)N1CCN(C/C=C/c2ccccc2)CC1. The minimum atomic E-state index is 0.114. The molecule has 2 aliphatic heterocycles. The van der Waals surface area contributed by atoms with Crippen LogP contribution < -0.4 is 0 Å². The number of carbonyl (C=O) groups excluding carboxylic acids is 1. The topological polar surface area (TPSA) is 26.8 Å². The number of piperazine rings is 1. The van der Waals surface area contributed by atoms with Crippen molar-refractivity contribution in [1.82, 2.24) is 14.7 Å². The van der Waals surface area contributed by atoms with E-state index in [0.717, 1.165) is 45.7 Å². The van der Waals surface area contributed by atoms with Crippen molar-refractivity contribution in [1.29, 1.82) is 0 Å². The molecular formula is C20H29N3O. The number of rotatable bonds is 4. The van der Waals surface area contributed by atoms with Crippen LogP contribution in [0, 0.1) is 0 Å². The smallest absolute Gasteiger partial charge is 0.240 e. The molecule has 3 rings (SSSR count). The number of piperidine rings is 1. The number of amides is 1. The zero-order chi connectivity index (χ0) is 16.8. The van der Waals surface area contributed by atoms with Gasteiger partial charge in [0.25, 0.3) is 0 Å². The van der Waals surface area contributed by atoms with E-state index >= 15 is 0 Å². The second-order valence-corrected chi connectivity index (χ2v) is 6.93. The van der Waals surface area contributed by atoms with E-state index in [2.05, 4.69) is 58.2 Å². The number of likely N-dealkylation sites (N-methyl/N-ethyl adjacent to an activating group) is 1. The van der Waals surface area contributed by atoms with E-state index < -0.39 is 0 Å². The van der Waals surface area contributed by atoms with Crippen LogP contribution in [0.5, 0.6) is 0 Å². The Morgan fingerprint density at radius 1 is 1.08 bits per heavy atom. The highest BCUT2D eigenvalue weighted by molar-refractivity contribution is 5.82. The fourth-order valence-electron chi connectivity index (χ4n) is 3.65. The Balaban J connectivity index is 1.44. The van der Waals surface area contributed by atoms with Crippen LogP contribution >= 0.6 is 0 Å². The lowest BCUT2D eigenvalue weighted by atomic mass is 10.0. The van der Waals surface area contributed by atoms with Crippen molar-refractivity contribution in [3.63, 3.8) is 0 Å².